The summed E-state index contributed by atoms with van der Waals surface area (Å²) >= 11 is 3.95. The molecule has 0 fully saturated rings. The molecule has 2 aromatic rings. The standard InChI is InChI=1S/C20H25Br/c1-12-9-7-8-10-18(12)11-19(21)20-16(5)14(3)13(2)15(4)17(20)6/h7-10,19H,11H2,1-6H3. The van der Waals surface area contributed by atoms with Crippen molar-refractivity contribution in [1.29, 1.82) is 0 Å². The molecule has 0 amide bonds. The van der Waals surface area contributed by atoms with Crippen molar-refractivity contribution in [2.24, 2.45) is 0 Å². The van der Waals surface area contributed by atoms with Crippen LogP contribution in [0.25, 0.3) is 0 Å². The molecule has 1 unspecified atom stereocenters. The molecule has 0 bridgehead atoms. The van der Waals surface area contributed by atoms with E-state index >= 15 is 0 Å². The van der Waals surface area contributed by atoms with Crippen molar-refractivity contribution in [3.05, 3.63) is 68.8 Å². The zero-order valence-corrected chi connectivity index (χ0v) is 15.6. The Morgan fingerprint density at radius 2 is 1.24 bits per heavy atom. The maximum Gasteiger partial charge on any atom is 0.0441 e. The molecular weight excluding hydrogens is 320 g/mol. The molecule has 2 aromatic carbocycles. The zero-order chi connectivity index (χ0) is 15.7. The second-order valence-electron chi connectivity index (χ2n) is 6.14. The quantitative estimate of drug-likeness (QED) is 0.580. The SMILES string of the molecule is Cc1ccccc1CC(Br)c1c(C)c(C)c(C)c(C)c1C. The summed E-state index contributed by atoms with van der Waals surface area (Å²) in [6, 6.07) is 8.68. The van der Waals surface area contributed by atoms with Crippen LogP contribution in [-0.4, -0.2) is 0 Å². The minimum atomic E-state index is 0.372. The van der Waals surface area contributed by atoms with E-state index in [2.05, 4.69) is 81.7 Å². The van der Waals surface area contributed by atoms with Crippen molar-refractivity contribution < 1.29 is 0 Å². The highest BCUT2D eigenvalue weighted by Gasteiger charge is 2.19. The maximum absolute atomic E-state index is 3.95. The number of aryl methyl sites for hydroxylation is 1. The fraction of sp³-hybridized carbons (Fsp3) is 0.400. The largest absolute Gasteiger partial charge is 0.0835 e. The van der Waals surface area contributed by atoms with Crippen molar-refractivity contribution in [2.45, 2.75) is 52.8 Å². The van der Waals surface area contributed by atoms with Gasteiger partial charge in [-0.25, -0.2) is 0 Å². The minimum absolute atomic E-state index is 0.372. The second-order valence-corrected chi connectivity index (χ2v) is 7.24. The Balaban J connectivity index is 2.45. The highest BCUT2D eigenvalue weighted by atomic mass is 79.9. The van der Waals surface area contributed by atoms with Gasteiger partial charge in [-0.15, -0.1) is 0 Å². The van der Waals surface area contributed by atoms with Crippen molar-refractivity contribution in [3.63, 3.8) is 0 Å². The monoisotopic (exact) mass is 344 g/mol. The fourth-order valence-corrected chi connectivity index (χ4v) is 4.17. The number of benzene rings is 2. The fourth-order valence-electron chi connectivity index (χ4n) is 3.13. The Kier molecular flexibility index (Phi) is 4.93. The van der Waals surface area contributed by atoms with Crippen LogP contribution < -0.4 is 0 Å². The van der Waals surface area contributed by atoms with Gasteiger partial charge in [0.2, 0.25) is 0 Å². The molecule has 0 aliphatic heterocycles. The van der Waals surface area contributed by atoms with Crippen molar-refractivity contribution in [3.8, 4) is 0 Å². The van der Waals surface area contributed by atoms with E-state index in [9.17, 15) is 0 Å². The van der Waals surface area contributed by atoms with Gasteiger partial charge in [-0.3, -0.25) is 0 Å². The summed E-state index contributed by atoms with van der Waals surface area (Å²) in [7, 11) is 0. The van der Waals surface area contributed by atoms with E-state index in [1.165, 1.54) is 44.5 Å². The lowest BCUT2D eigenvalue weighted by molar-refractivity contribution is 0.907. The first-order valence-corrected chi connectivity index (χ1v) is 8.51. The summed E-state index contributed by atoms with van der Waals surface area (Å²) in [6.07, 6.45) is 1.04. The van der Waals surface area contributed by atoms with E-state index in [4.69, 9.17) is 0 Å². The van der Waals surface area contributed by atoms with Gasteiger partial charge >= 0.3 is 0 Å². The van der Waals surface area contributed by atoms with Crippen LogP contribution in [0.2, 0.25) is 0 Å². The average molecular weight is 345 g/mol. The van der Waals surface area contributed by atoms with Crippen molar-refractivity contribution in [1.82, 2.24) is 0 Å². The third-order valence-electron chi connectivity index (χ3n) is 5.03. The predicted octanol–water partition coefficient (Wildman–Crippen LogP) is 6.22. The number of hydrogen-bond acceptors (Lipinski definition) is 0. The van der Waals surface area contributed by atoms with Gasteiger partial charge in [0, 0.05) is 4.83 Å². The lowest BCUT2D eigenvalue weighted by Crippen LogP contribution is -2.07. The summed E-state index contributed by atoms with van der Waals surface area (Å²) < 4.78 is 0. The van der Waals surface area contributed by atoms with E-state index < -0.39 is 0 Å². The summed E-state index contributed by atoms with van der Waals surface area (Å²) in [5.41, 5.74) is 11.4. The number of alkyl halides is 1. The number of hydrogen-bond donors (Lipinski definition) is 0. The molecule has 1 heteroatoms. The van der Waals surface area contributed by atoms with E-state index in [0.717, 1.165) is 6.42 Å². The van der Waals surface area contributed by atoms with Crippen LogP contribution in [0.4, 0.5) is 0 Å². The van der Waals surface area contributed by atoms with E-state index in [0.29, 0.717) is 4.83 Å². The first-order valence-electron chi connectivity index (χ1n) is 7.60. The lowest BCUT2D eigenvalue weighted by atomic mass is 9.86. The van der Waals surface area contributed by atoms with Crippen LogP contribution in [0, 0.1) is 41.5 Å². The molecular formula is C20H25Br. The van der Waals surface area contributed by atoms with Gasteiger partial charge in [0.1, 0.15) is 0 Å². The topological polar surface area (TPSA) is 0 Å². The normalized spacial score (nSPS) is 12.5. The van der Waals surface area contributed by atoms with Crippen LogP contribution in [0.1, 0.15) is 49.3 Å². The molecule has 0 heterocycles. The molecule has 0 aliphatic rings. The summed E-state index contributed by atoms with van der Waals surface area (Å²) in [5, 5.41) is 0. The lowest BCUT2D eigenvalue weighted by Gasteiger charge is -2.23. The van der Waals surface area contributed by atoms with Crippen molar-refractivity contribution in [2.75, 3.05) is 0 Å². The van der Waals surface area contributed by atoms with Gasteiger partial charge in [-0.1, -0.05) is 40.2 Å². The Hall–Kier alpha value is -1.08. The molecule has 21 heavy (non-hydrogen) atoms. The second kappa shape index (κ2) is 6.36. The molecule has 0 aliphatic carbocycles. The van der Waals surface area contributed by atoms with Gasteiger partial charge < -0.3 is 0 Å². The molecule has 0 nitrogen and oxygen atoms in total. The molecule has 1 atom stereocenters. The van der Waals surface area contributed by atoms with E-state index in [-0.39, 0.29) is 0 Å². The molecule has 0 saturated carbocycles. The number of halogens is 1. The Labute approximate surface area is 137 Å². The summed E-state index contributed by atoms with van der Waals surface area (Å²) in [6.45, 7) is 13.4. The van der Waals surface area contributed by atoms with Gasteiger partial charge in [-0.2, -0.15) is 0 Å². The molecule has 0 aromatic heterocycles. The molecule has 0 radical (unpaired) electrons. The Morgan fingerprint density at radius 3 is 1.76 bits per heavy atom. The van der Waals surface area contributed by atoms with Gasteiger partial charge in [-0.05, 0) is 92.5 Å². The Morgan fingerprint density at radius 1 is 0.762 bits per heavy atom. The van der Waals surface area contributed by atoms with Crippen LogP contribution in [0.15, 0.2) is 24.3 Å². The summed E-state index contributed by atoms with van der Waals surface area (Å²) in [5.74, 6) is 0. The van der Waals surface area contributed by atoms with Crippen LogP contribution in [-0.2, 0) is 6.42 Å². The molecule has 0 N–H and O–H groups in total. The molecule has 2 rings (SSSR count). The third kappa shape index (κ3) is 3.08. The highest BCUT2D eigenvalue weighted by molar-refractivity contribution is 9.09. The molecule has 112 valence electrons. The summed E-state index contributed by atoms with van der Waals surface area (Å²) in [4.78, 5) is 0.372. The van der Waals surface area contributed by atoms with Crippen LogP contribution >= 0.6 is 15.9 Å². The number of rotatable bonds is 3. The Bertz CT molecular complexity index is 639. The molecule has 0 saturated heterocycles. The molecule has 0 spiro atoms. The van der Waals surface area contributed by atoms with Crippen LogP contribution in [0.5, 0.6) is 0 Å². The van der Waals surface area contributed by atoms with E-state index in [1.807, 2.05) is 0 Å². The highest BCUT2D eigenvalue weighted by Crippen LogP contribution is 2.36. The maximum atomic E-state index is 3.95. The first kappa shape index (κ1) is 16.3. The predicted molar refractivity (Wildman–Crippen MR) is 96.7 cm³/mol. The van der Waals surface area contributed by atoms with E-state index in [1.54, 1.807) is 0 Å². The van der Waals surface area contributed by atoms with Gasteiger partial charge in [0.15, 0.2) is 0 Å². The van der Waals surface area contributed by atoms with Crippen molar-refractivity contribution >= 4 is 15.9 Å². The first-order chi connectivity index (χ1) is 9.84. The minimum Gasteiger partial charge on any atom is -0.0835 e. The van der Waals surface area contributed by atoms with Crippen LogP contribution in [0.3, 0.4) is 0 Å². The third-order valence-corrected chi connectivity index (χ3v) is 5.81. The zero-order valence-electron chi connectivity index (χ0n) is 14.0. The smallest absolute Gasteiger partial charge is 0.0441 e. The van der Waals surface area contributed by atoms with Gasteiger partial charge in [0.05, 0.1) is 0 Å². The average Bonchev–Trinajstić information content (AvgIpc) is 2.46. The van der Waals surface area contributed by atoms with Gasteiger partial charge in [0.25, 0.3) is 0 Å².